The Kier molecular flexibility index (Phi) is 4.18. The summed E-state index contributed by atoms with van der Waals surface area (Å²) in [6, 6.07) is 9.72. The highest BCUT2D eigenvalue weighted by atomic mass is 35.5. The first-order valence-corrected chi connectivity index (χ1v) is 6.06. The minimum absolute atomic E-state index is 0.614. The van der Waals surface area contributed by atoms with Crippen molar-refractivity contribution < 1.29 is 4.74 Å². The molecule has 0 atom stereocenters. The maximum atomic E-state index is 6.02. The molecule has 0 saturated heterocycles. The molecule has 1 heterocycles. The van der Waals surface area contributed by atoms with Crippen molar-refractivity contribution in [2.24, 2.45) is 0 Å². The van der Waals surface area contributed by atoms with Gasteiger partial charge in [-0.15, -0.1) is 0 Å². The average molecular weight is 263 g/mol. The van der Waals surface area contributed by atoms with Gasteiger partial charge in [-0.05, 0) is 36.4 Å². The summed E-state index contributed by atoms with van der Waals surface area (Å²) in [5.41, 5.74) is 3.33. The molecule has 0 radical (unpaired) electrons. The fraction of sp³-hybridized carbons (Fsp3) is 0.214. The van der Waals surface area contributed by atoms with Crippen LogP contribution in [-0.2, 0) is 6.54 Å². The van der Waals surface area contributed by atoms with Gasteiger partial charge in [-0.25, -0.2) is 4.98 Å². The molecular formula is C14H15ClN2O. The summed E-state index contributed by atoms with van der Waals surface area (Å²) in [5, 5.41) is 3.88. The predicted octanol–water partition coefficient (Wildman–Crippen LogP) is 3.13. The van der Waals surface area contributed by atoms with E-state index in [1.165, 1.54) is 0 Å². The van der Waals surface area contributed by atoms with Crippen LogP contribution in [0.5, 0.6) is 5.88 Å². The van der Waals surface area contributed by atoms with Crippen LogP contribution in [0.25, 0.3) is 11.1 Å². The zero-order valence-corrected chi connectivity index (χ0v) is 11.2. The van der Waals surface area contributed by atoms with E-state index in [-0.39, 0.29) is 0 Å². The molecule has 0 spiro atoms. The number of ether oxygens (including phenoxy) is 1. The molecule has 4 heteroatoms. The third-order valence-corrected chi connectivity index (χ3v) is 2.93. The summed E-state index contributed by atoms with van der Waals surface area (Å²) in [7, 11) is 3.52. The largest absolute Gasteiger partial charge is 0.481 e. The van der Waals surface area contributed by atoms with Gasteiger partial charge < -0.3 is 10.1 Å². The lowest BCUT2D eigenvalue weighted by Gasteiger charge is -2.10. The predicted molar refractivity (Wildman–Crippen MR) is 74.0 cm³/mol. The topological polar surface area (TPSA) is 34.1 Å². The molecule has 0 fully saturated rings. The van der Waals surface area contributed by atoms with Gasteiger partial charge in [0.2, 0.25) is 5.88 Å². The summed E-state index contributed by atoms with van der Waals surface area (Å²) in [6.07, 6.45) is 1.81. The number of pyridine rings is 1. The molecule has 0 aliphatic heterocycles. The maximum Gasteiger partial charge on any atom is 0.212 e. The van der Waals surface area contributed by atoms with Gasteiger partial charge in [-0.1, -0.05) is 17.7 Å². The smallest absolute Gasteiger partial charge is 0.212 e. The number of methoxy groups -OCH3 is 1. The van der Waals surface area contributed by atoms with Gasteiger partial charge in [0, 0.05) is 29.4 Å². The molecule has 1 N–H and O–H groups in total. The van der Waals surface area contributed by atoms with E-state index in [4.69, 9.17) is 16.3 Å². The lowest BCUT2D eigenvalue weighted by atomic mass is 10.0. The molecule has 3 nitrogen and oxygen atoms in total. The van der Waals surface area contributed by atoms with Crippen LogP contribution >= 0.6 is 11.6 Å². The van der Waals surface area contributed by atoms with Crippen molar-refractivity contribution in [2.45, 2.75) is 6.54 Å². The van der Waals surface area contributed by atoms with Crippen LogP contribution in [0.2, 0.25) is 5.02 Å². The number of halogens is 1. The van der Waals surface area contributed by atoms with Crippen molar-refractivity contribution >= 4 is 11.6 Å². The van der Waals surface area contributed by atoms with Gasteiger partial charge >= 0.3 is 0 Å². The van der Waals surface area contributed by atoms with E-state index >= 15 is 0 Å². The Hall–Kier alpha value is -1.58. The molecule has 2 rings (SSSR count). The van der Waals surface area contributed by atoms with Gasteiger partial charge in [-0.2, -0.15) is 0 Å². The van der Waals surface area contributed by atoms with Crippen LogP contribution in [0, 0.1) is 0 Å². The monoisotopic (exact) mass is 262 g/mol. The number of nitrogens with zero attached hydrogens (tertiary/aromatic N) is 1. The Morgan fingerprint density at radius 1 is 1.28 bits per heavy atom. The quantitative estimate of drug-likeness (QED) is 0.919. The van der Waals surface area contributed by atoms with Crippen molar-refractivity contribution in [3.63, 3.8) is 0 Å². The molecule has 2 aromatic rings. The van der Waals surface area contributed by atoms with E-state index in [2.05, 4.69) is 10.3 Å². The Balaban J connectivity index is 2.41. The minimum atomic E-state index is 0.614. The third-order valence-electron chi connectivity index (χ3n) is 2.69. The lowest BCUT2D eigenvalue weighted by Crippen LogP contribution is -2.06. The van der Waals surface area contributed by atoms with E-state index in [0.717, 1.165) is 28.3 Å². The zero-order valence-electron chi connectivity index (χ0n) is 10.4. The number of nitrogens with one attached hydrogen (secondary N) is 1. The standard InChI is InChI=1S/C14H15ClN2O/c1-16-8-11-7-12(15)4-5-13(11)10-3-6-14(18-2)17-9-10/h3-7,9,16H,8H2,1-2H3. The molecule has 0 saturated carbocycles. The number of aromatic nitrogens is 1. The fourth-order valence-electron chi connectivity index (χ4n) is 1.84. The molecule has 94 valence electrons. The Labute approximate surface area is 112 Å². The maximum absolute atomic E-state index is 6.02. The van der Waals surface area contributed by atoms with Gasteiger partial charge in [0.1, 0.15) is 0 Å². The van der Waals surface area contributed by atoms with Crippen LogP contribution < -0.4 is 10.1 Å². The van der Waals surface area contributed by atoms with Crippen LogP contribution in [0.15, 0.2) is 36.5 Å². The van der Waals surface area contributed by atoms with Gasteiger partial charge in [0.05, 0.1) is 7.11 Å². The highest BCUT2D eigenvalue weighted by molar-refractivity contribution is 6.30. The first-order chi connectivity index (χ1) is 8.74. The normalized spacial score (nSPS) is 10.4. The highest BCUT2D eigenvalue weighted by Crippen LogP contribution is 2.26. The van der Waals surface area contributed by atoms with Gasteiger partial charge in [0.15, 0.2) is 0 Å². The number of hydrogen-bond donors (Lipinski definition) is 1. The van der Waals surface area contributed by atoms with E-state index in [0.29, 0.717) is 5.88 Å². The van der Waals surface area contributed by atoms with Crippen molar-refractivity contribution in [3.8, 4) is 17.0 Å². The molecule has 0 bridgehead atoms. The van der Waals surface area contributed by atoms with E-state index in [9.17, 15) is 0 Å². The van der Waals surface area contributed by atoms with Crippen molar-refractivity contribution in [1.82, 2.24) is 10.3 Å². The van der Waals surface area contributed by atoms with Crippen molar-refractivity contribution in [2.75, 3.05) is 14.2 Å². The SMILES string of the molecule is CNCc1cc(Cl)ccc1-c1ccc(OC)nc1. The average Bonchev–Trinajstić information content (AvgIpc) is 2.40. The summed E-state index contributed by atoms with van der Waals surface area (Å²) in [4.78, 5) is 4.22. The Bertz CT molecular complexity index is 526. The van der Waals surface area contributed by atoms with Crippen LogP contribution in [0.3, 0.4) is 0 Å². The summed E-state index contributed by atoms with van der Waals surface area (Å²) in [5.74, 6) is 0.614. The molecule has 0 amide bonds. The molecule has 1 aromatic heterocycles. The molecule has 0 unspecified atom stereocenters. The summed E-state index contributed by atoms with van der Waals surface area (Å²) in [6.45, 7) is 0.766. The lowest BCUT2D eigenvalue weighted by molar-refractivity contribution is 0.398. The Morgan fingerprint density at radius 3 is 2.72 bits per heavy atom. The van der Waals surface area contributed by atoms with Gasteiger partial charge in [-0.3, -0.25) is 0 Å². The molecule has 18 heavy (non-hydrogen) atoms. The fourth-order valence-corrected chi connectivity index (χ4v) is 2.04. The van der Waals surface area contributed by atoms with Crippen molar-refractivity contribution in [1.29, 1.82) is 0 Å². The highest BCUT2D eigenvalue weighted by Gasteiger charge is 2.06. The molecular weight excluding hydrogens is 248 g/mol. The number of rotatable bonds is 4. The van der Waals surface area contributed by atoms with Crippen LogP contribution in [-0.4, -0.2) is 19.1 Å². The Morgan fingerprint density at radius 2 is 2.11 bits per heavy atom. The number of hydrogen-bond acceptors (Lipinski definition) is 3. The summed E-state index contributed by atoms with van der Waals surface area (Å²) < 4.78 is 5.06. The zero-order chi connectivity index (χ0) is 13.0. The van der Waals surface area contributed by atoms with E-state index in [1.54, 1.807) is 13.3 Å². The second-order valence-corrected chi connectivity index (χ2v) is 4.36. The molecule has 0 aliphatic rings. The number of benzene rings is 1. The van der Waals surface area contributed by atoms with Gasteiger partial charge in [0.25, 0.3) is 0 Å². The van der Waals surface area contributed by atoms with Crippen LogP contribution in [0.1, 0.15) is 5.56 Å². The van der Waals surface area contributed by atoms with E-state index < -0.39 is 0 Å². The first-order valence-electron chi connectivity index (χ1n) is 5.68. The molecule has 1 aromatic carbocycles. The van der Waals surface area contributed by atoms with Crippen LogP contribution in [0.4, 0.5) is 0 Å². The third kappa shape index (κ3) is 2.81. The van der Waals surface area contributed by atoms with E-state index in [1.807, 2.05) is 37.4 Å². The second-order valence-electron chi connectivity index (χ2n) is 3.92. The summed E-state index contributed by atoms with van der Waals surface area (Å²) >= 11 is 6.02. The first kappa shape index (κ1) is 12.9. The van der Waals surface area contributed by atoms with Crippen molar-refractivity contribution in [3.05, 3.63) is 47.1 Å². The molecule has 0 aliphatic carbocycles. The minimum Gasteiger partial charge on any atom is -0.481 e. The second kappa shape index (κ2) is 5.85.